The molecule has 0 unspecified atom stereocenters. The zero-order chi connectivity index (χ0) is 10.4. The number of nitriles is 1. The van der Waals surface area contributed by atoms with Gasteiger partial charge < -0.3 is 0 Å². The van der Waals surface area contributed by atoms with Gasteiger partial charge in [-0.15, -0.1) is 0 Å². The molecule has 14 heavy (non-hydrogen) atoms. The summed E-state index contributed by atoms with van der Waals surface area (Å²) in [7, 11) is 0. The van der Waals surface area contributed by atoms with E-state index in [1.54, 1.807) is 12.3 Å². The Morgan fingerprint density at radius 3 is 3.00 bits per heavy atom. The number of aromatic nitrogens is 1. The molecule has 0 spiro atoms. The predicted molar refractivity (Wildman–Crippen MR) is 59.3 cm³/mol. The first-order valence-corrected chi connectivity index (χ1v) is 5.38. The molecule has 0 aliphatic carbocycles. The summed E-state index contributed by atoms with van der Waals surface area (Å²) in [6, 6.07) is 3.59. The van der Waals surface area contributed by atoms with E-state index in [1.165, 1.54) is 0 Å². The highest BCUT2D eigenvalue weighted by atomic mass is 79.9. The van der Waals surface area contributed by atoms with Crippen LogP contribution in [0.3, 0.4) is 0 Å². The molecule has 0 atom stereocenters. The SMILES string of the molecule is N#Cc1cc(C#CCCBr)cnc1Cl. The first kappa shape index (κ1) is 11.0. The van der Waals surface area contributed by atoms with Gasteiger partial charge in [-0.25, -0.2) is 4.98 Å². The predicted octanol–water partition coefficient (Wildman–Crippen LogP) is 2.74. The standard InChI is InChI=1S/C10H6BrClN2/c11-4-2-1-3-8-5-9(6-13)10(12)14-7-8/h5,7H,2,4H2. The van der Waals surface area contributed by atoms with Crippen LogP contribution in [0.25, 0.3) is 0 Å². The van der Waals surface area contributed by atoms with Crippen LogP contribution >= 0.6 is 27.5 Å². The zero-order valence-electron chi connectivity index (χ0n) is 7.22. The maximum atomic E-state index is 8.68. The molecule has 70 valence electrons. The lowest BCUT2D eigenvalue weighted by Gasteiger charge is -1.93. The van der Waals surface area contributed by atoms with Crippen molar-refractivity contribution in [2.45, 2.75) is 6.42 Å². The van der Waals surface area contributed by atoms with Gasteiger partial charge in [0.15, 0.2) is 0 Å². The average molecular weight is 270 g/mol. The van der Waals surface area contributed by atoms with Crippen LogP contribution in [0.1, 0.15) is 17.5 Å². The molecule has 0 aliphatic heterocycles. The van der Waals surface area contributed by atoms with E-state index < -0.39 is 0 Å². The monoisotopic (exact) mass is 268 g/mol. The van der Waals surface area contributed by atoms with Crippen LogP contribution in [-0.2, 0) is 0 Å². The molecule has 2 nitrogen and oxygen atoms in total. The molecule has 1 aromatic rings. The first-order chi connectivity index (χ1) is 6.77. The van der Waals surface area contributed by atoms with Gasteiger partial charge in [0.1, 0.15) is 11.2 Å². The summed E-state index contributed by atoms with van der Waals surface area (Å²) in [4.78, 5) is 3.86. The molecule has 1 rings (SSSR count). The summed E-state index contributed by atoms with van der Waals surface area (Å²) in [6.45, 7) is 0. The van der Waals surface area contributed by atoms with Crippen LogP contribution < -0.4 is 0 Å². The van der Waals surface area contributed by atoms with Crippen LogP contribution in [0.4, 0.5) is 0 Å². The summed E-state index contributed by atoms with van der Waals surface area (Å²) in [5.74, 6) is 5.83. The Kier molecular flexibility index (Phi) is 4.46. The second-order valence-electron chi connectivity index (χ2n) is 2.41. The van der Waals surface area contributed by atoms with Crippen LogP contribution in [0.5, 0.6) is 0 Å². The van der Waals surface area contributed by atoms with Gasteiger partial charge >= 0.3 is 0 Å². The molecule has 0 bridgehead atoms. The minimum Gasteiger partial charge on any atom is -0.242 e. The van der Waals surface area contributed by atoms with E-state index in [0.717, 1.165) is 11.8 Å². The van der Waals surface area contributed by atoms with E-state index in [4.69, 9.17) is 16.9 Å². The molecular weight excluding hydrogens is 263 g/mol. The molecule has 4 heteroatoms. The summed E-state index contributed by atoms with van der Waals surface area (Å²) in [5.41, 5.74) is 1.07. The van der Waals surface area contributed by atoms with Crippen molar-refractivity contribution in [1.29, 1.82) is 5.26 Å². The van der Waals surface area contributed by atoms with Crippen molar-refractivity contribution >= 4 is 27.5 Å². The van der Waals surface area contributed by atoms with Gasteiger partial charge in [-0.2, -0.15) is 5.26 Å². The quantitative estimate of drug-likeness (QED) is 0.446. The lowest BCUT2D eigenvalue weighted by atomic mass is 10.2. The lowest BCUT2D eigenvalue weighted by molar-refractivity contribution is 1.28. The second-order valence-corrected chi connectivity index (χ2v) is 3.57. The molecule has 0 saturated carbocycles. The molecule has 1 aromatic heterocycles. The van der Waals surface area contributed by atoms with Crippen LogP contribution in [0.2, 0.25) is 5.15 Å². The largest absolute Gasteiger partial charge is 0.242 e. The highest BCUT2D eigenvalue weighted by molar-refractivity contribution is 9.09. The average Bonchev–Trinajstić information content (AvgIpc) is 2.21. The van der Waals surface area contributed by atoms with E-state index in [9.17, 15) is 0 Å². The number of pyridine rings is 1. The lowest BCUT2D eigenvalue weighted by Crippen LogP contribution is -1.85. The summed E-state index contributed by atoms with van der Waals surface area (Å²) in [6.07, 6.45) is 2.33. The zero-order valence-corrected chi connectivity index (χ0v) is 9.56. The first-order valence-electron chi connectivity index (χ1n) is 3.88. The fourth-order valence-corrected chi connectivity index (χ4v) is 1.15. The van der Waals surface area contributed by atoms with Crippen molar-refractivity contribution < 1.29 is 0 Å². The maximum absolute atomic E-state index is 8.68. The van der Waals surface area contributed by atoms with E-state index in [-0.39, 0.29) is 5.15 Å². The fraction of sp³-hybridized carbons (Fsp3) is 0.200. The van der Waals surface area contributed by atoms with Crippen LogP contribution in [0, 0.1) is 23.2 Å². The van der Waals surface area contributed by atoms with Gasteiger partial charge in [-0.3, -0.25) is 0 Å². The van der Waals surface area contributed by atoms with Crippen molar-refractivity contribution in [2.24, 2.45) is 0 Å². The number of hydrogen-bond donors (Lipinski definition) is 0. The number of halogens is 2. The highest BCUT2D eigenvalue weighted by Crippen LogP contribution is 2.12. The van der Waals surface area contributed by atoms with Gasteiger partial charge in [-0.05, 0) is 6.07 Å². The molecule has 0 fully saturated rings. The van der Waals surface area contributed by atoms with Gasteiger partial charge in [-0.1, -0.05) is 39.4 Å². The molecule has 0 amide bonds. The number of rotatable bonds is 1. The number of nitrogens with zero attached hydrogens (tertiary/aromatic N) is 2. The minimum absolute atomic E-state index is 0.221. The molecule has 0 radical (unpaired) electrons. The molecule has 1 heterocycles. The highest BCUT2D eigenvalue weighted by Gasteiger charge is 2.00. The van der Waals surface area contributed by atoms with Gasteiger partial charge in [0, 0.05) is 23.5 Å². The normalized spacial score (nSPS) is 8.64. The van der Waals surface area contributed by atoms with Crippen molar-refractivity contribution in [3.63, 3.8) is 0 Å². The molecule has 0 saturated heterocycles. The van der Waals surface area contributed by atoms with Crippen molar-refractivity contribution in [3.8, 4) is 17.9 Å². The Bertz CT molecular complexity index is 426. The van der Waals surface area contributed by atoms with Gasteiger partial charge in [0.2, 0.25) is 0 Å². The second kappa shape index (κ2) is 5.65. The topological polar surface area (TPSA) is 36.7 Å². The maximum Gasteiger partial charge on any atom is 0.146 e. The summed E-state index contributed by atoms with van der Waals surface area (Å²) >= 11 is 8.94. The Morgan fingerprint density at radius 2 is 2.36 bits per heavy atom. The van der Waals surface area contributed by atoms with Gasteiger partial charge in [0.05, 0.1) is 5.56 Å². The Hall–Kier alpha value is -1.03. The number of hydrogen-bond acceptors (Lipinski definition) is 2. The molecule has 0 N–H and O–H groups in total. The van der Waals surface area contributed by atoms with Crippen molar-refractivity contribution in [1.82, 2.24) is 4.98 Å². The van der Waals surface area contributed by atoms with E-state index in [0.29, 0.717) is 11.1 Å². The summed E-state index contributed by atoms with van der Waals surface area (Å²) < 4.78 is 0. The summed E-state index contributed by atoms with van der Waals surface area (Å²) in [5, 5.41) is 9.74. The van der Waals surface area contributed by atoms with E-state index in [2.05, 4.69) is 32.8 Å². The minimum atomic E-state index is 0.221. The third-order valence-electron chi connectivity index (χ3n) is 1.41. The molecular formula is C10H6BrClN2. The third kappa shape index (κ3) is 3.03. The van der Waals surface area contributed by atoms with Crippen LogP contribution in [0.15, 0.2) is 12.3 Å². The van der Waals surface area contributed by atoms with Crippen molar-refractivity contribution in [2.75, 3.05) is 5.33 Å². The number of alkyl halides is 1. The smallest absolute Gasteiger partial charge is 0.146 e. The van der Waals surface area contributed by atoms with E-state index >= 15 is 0 Å². The molecule has 0 aliphatic rings. The Balaban J connectivity index is 2.93. The Labute approximate surface area is 96.0 Å². The third-order valence-corrected chi connectivity index (χ3v) is 2.11. The van der Waals surface area contributed by atoms with E-state index in [1.807, 2.05) is 6.07 Å². The molecule has 0 aromatic carbocycles. The fourth-order valence-electron chi connectivity index (χ4n) is 0.807. The van der Waals surface area contributed by atoms with Gasteiger partial charge in [0.25, 0.3) is 0 Å². The van der Waals surface area contributed by atoms with Crippen LogP contribution in [-0.4, -0.2) is 10.3 Å². The Morgan fingerprint density at radius 1 is 1.57 bits per heavy atom. The van der Waals surface area contributed by atoms with Crippen molar-refractivity contribution in [3.05, 3.63) is 28.5 Å².